The molecule has 42 heavy (non-hydrogen) atoms. The summed E-state index contributed by atoms with van der Waals surface area (Å²) in [5.41, 5.74) is 2.56. The molecule has 4 rings (SSSR count). The molecule has 228 valence electrons. The lowest BCUT2D eigenvalue weighted by atomic mass is 9.86. The minimum atomic E-state index is -4.92. The van der Waals surface area contributed by atoms with Gasteiger partial charge in [0.05, 0.1) is 26.7 Å². The number of carbonyl (C=O) groups is 1. The van der Waals surface area contributed by atoms with Crippen molar-refractivity contribution >= 4 is 16.7 Å². The maximum Gasteiger partial charge on any atom is 0.573 e. The van der Waals surface area contributed by atoms with E-state index in [9.17, 15) is 27.1 Å². The third-order valence-electron chi connectivity index (χ3n) is 6.87. The largest absolute Gasteiger partial charge is 0.573 e. The number of aryl methyl sites for hydroxylation is 1. The minimum absolute atomic E-state index is 0.124. The molecule has 0 saturated heterocycles. The fraction of sp³-hybridized carbons (Fsp3) is 0.367. The molecule has 0 fully saturated rings. The van der Waals surface area contributed by atoms with Crippen molar-refractivity contribution in [2.75, 3.05) is 20.3 Å². The van der Waals surface area contributed by atoms with Crippen LogP contribution >= 0.6 is 10.8 Å². The van der Waals surface area contributed by atoms with Gasteiger partial charge < -0.3 is 18.9 Å². The third kappa shape index (κ3) is 7.49. The second-order valence-corrected chi connectivity index (χ2v) is 11.9. The highest BCUT2D eigenvalue weighted by molar-refractivity contribution is 8.22. The van der Waals surface area contributed by atoms with Gasteiger partial charge >= 0.3 is 12.3 Å². The number of nitrogens with zero attached hydrogens (tertiary/aromatic N) is 1. The van der Waals surface area contributed by atoms with Crippen molar-refractivity contribution in [2.45, 2.75) is 57.0 Å². The topological polar surface area (TPSA) is 97.7 Å². The van der Waals surface area contributed by atoms with E-state index in [1.165, 1.54) is 13.2 Å². The summed E-state index contributed by atoms with van der Waals surface area (Å²) in [6.45, 7) is 5.88. The number of esters is 1. The molecule has 1 aliphatic rings. The lowest BCUT2D eigenvalue weighted by Crippen LogP contribution is -2.33. The van der Waals surface area contributed by atoms with Crippen LogP contribution in [0.25, 0.3) is 0 Å². The SMILES string of the molecule is CCOC(=O)CC(c1cc(OC)cc(OC(F)(F)F)c1)c1ccc(C)c(CN2C[C@@H](C)Oc3ccccc3S2(O)O)c1. The smallest absolute Gasteiger partial charge is 0.497 e. The number of rotatable bonds is 9. The number of hydrogen-bond donors (Lipinski definition) is 2. The highest BCUT2D eigenvalue weighted by Crippen LogP contribution is 2.57. The van der Waals surface area contributed by atoms with E-state index in [0.29, 0.717) is 16.9 Å². The van der Waals surface area contributed by atoms with E-state index in [0.717, 1.165) is 17.2 Å². The van der Waals surface area contributed by atoms with Crippen molar-refractivity contribution in [3.05, 3.63) is 82.9 Å². The number of ether oxygens (including phenoxy) is 4. The molecule has 0 aliphatic carbocycles. The van der Waals surface area contributed by atoms with E-state index >= 15 is 0 Å². The number of para-hydroxylation sites is 1. The number of carbonyl (C=O) groups excluding carboxylic acids is 1. The van der Waals surface area contributed by atoms with Gasteiger partial charge in [-0.1, -0.05) is 30.3 Å². The second kappa shape index (κ2) is 12.8. The minimum Gasteiger partial charge on any atom is -0.497 e. The predicted molar refractivity (Wildman–Crippen MR) is 152 cm³/mol. The van der Waals surface area contributed by atoms with Gasteiger partial charge in [0.2, 0.25) is 0 Å². The molecule has 1 heterocycles. The Morgan fingerprint density at radius 2 is 1.81 bits per heavy atom. The zero-order valence-electron chi connectivity index (χ0n) is 23.7. The van der Waals surface area contributed by atoms with Crippen LogP contribution < -0.4 is 14.2 Å². The Hall–Kier alpha value is -3.45. The van der Waals surface area contributed by atoms with Crippen LogP contribution in [0.5, 0.6) is 17.2 Å². The molecule has 0 radical (unpaired) electrons. The first kappa shape index (κ1) is 31.5. The van der Waals surface area contributed by atoms with E-state index in [1.54, 1.807) is 47.6 Å². The fourth-order valence-corrected chi connectivity index (χ4v) is 6.56. The van der Waals surface area contributed by atoms with Crippen LogP contribution in [0.1, 0.15) is 48.4 Å². The maximum atomic E-state index is 13.1. The van der Waals surface area contributed by atoms with E-state index in [-0.39, 0.29) is 42.9 Å². The first-order chi connectivity index (χ1) is 19.8. The summed E-state index contributed by atoms with van der Waals surface area (Å²) in [5.74, 6) is -1.21. The Labute approximate surface area is 244 Å². The molecule has 0 spiro atoms. The van der Waals surface area contributed by atoms with Crippen molar-refractivity contribution in [3.63, 3.8) is 0 Å². The van der Waals surface area contributed by atoms with Crippen LogP contribution in [0.15, 0.2) is 65.6 Å². The van der Waals surface area contributed by atoms with Crippen LogP contribution in [-0.2, 0) is 16.1 Å². The molecular weight excluding hydrogens is 575 g/mol. The summed E-state index contributed by atoms with van der Waals surface area (Å²) >= 11 is 0. The second-order valence-electron chi connectivity index (χ2n) is 9.95. The summed E-state index contributed by atoms with van der Waals surface area (Å²) in [5, 5.41) is 0. The van der Waals surface area contributed by atoms with Gasteiger partial charge in [-0.05, 0) is 67.3 Å². The van der Waals surface area contributed by atoms with Gasteiger partial charge in [0.15, 0.2) is 0 Å². The number of alkyl halides is 3. The lowest BCUT2D eigenvalue weighted by Gasteiger charge is -2.42. The fourth-order valence-electron chi connectivity index (χ4n) is 4.90. The number of fused-ring (bicyclic) bond motifs is 1. The van der Waals surface area contributed by atoms with E-state index < -0.39 is 34.8 Å². The van der Waals surface area contributed by atoms with E-state index in [2.05, 4.69) is 4.74 Å². The molecule has 0 saturated carbocycles. The maximum absolute atomic E-state index is 13.1. The molecule has 3 aromatic carbocycles. The summed E-state index contributed by atoms with van der Waals surface area (Å²) in [6, 6.07) is 16.1. The monoisotopic (exact) mass is 609 g/mol. The molecule has 3 aromatic rings. The van der Waals surface area contributed by atoms with Crippen molar-refractivity contribution < 1.29 is 46.0 Å². The quantitative estimate of drug-likeness (QED) is 0.244. The Morgan fingerprint density at radius 3 is 2.50 bits per heavy atom. The lowest BCUT2D eigenvalue weighted by molar-refractivity contribution is -0.274. The van der Waals surface area contributed by atoms with E-state index in [1.807, 2.05) is 26.0 Å². The van der Waals surface area contributed by atoms with Crippen LogP contribution in [0, 0.1) is 6.92 Å². The molecule has 1 unspecified atom stereocenters. The Balaban J connectivity index is 1.75. The molecule has 0 amide bonds. The van der Waals surface area contributed by atoms with Crippen LogP contribution in [0.2, 0.25) is 0 Å². The summed E-state index contributed by atoms with van der Waals surface area (Å²) < 4.78 is 84.1. The summed E-state index contributed by atoms with van der Waals surface area (Å²) in [7, 11) is -2.09. The standard InChI is InChI=1S/C30H34F3NO7S/c1-5-39-29(35)16-26(22-13-24(38-4)15-25(14-22)41-30(31,32)33)21-11-10-19(2)23(12-21)18-34-17-20(3)40-27-8-6-7-9-28(27)42(34,36)37/h6-15,20,26,36-37H,5,16-18H2,1-4H3/t20-,26?/m1/s1. The third-order valence-corrected chi connectivity index (χ3v) is 8.79. The first-order valence-corrected chi connectivity index (χ1v) is 14.8. The van der Waals surface area contributed by atoms with Crippen molar-refractivity contribution in [2.24, 2.45) is 0 Å². The molecule has 2 N–H and O–H groups in total. The van der Waals surface area contributed by atoms with Gasteiger partial charge in [-0.15, -0.1) is 23.9 Å². The zero-order valence-corrected chi connectivity index (χ0v) is 24.5. The number of methoxy groups -OCH3 is 1. The van der Waals surface area contributed by atoms with Gasteiger partial charge in [0.1, 0.15) is 28.2 Å². The van der Waals surface area contributed by atoms with Gasteiger partial charge in [0, 0.05) is 18.5 Å². The van der Waals surface area contributed by atoms with E-state index in [4.69, 9.17) is 14.2 Å². The normalized spacial score (nSPS) is 18.2. The number of hydrogen-bond acceptors (Lipinski definition) is 8. The summed E-state index contributed by atoms with van der Waals surface area (Å²) in [4.78, 5) is 13.0. The molecule has 12 heteroatoms. The Morgan fingerprint density at radius 1 is 1.10 bits per heavy atom. The molecule has 1 aliphatic heterocycles. The molecule has 0 aromatic heterocycles. The van der Waals surface area contributed by atoms with Gasteiger partial charge in [-0.25, -0.2) is 0 Å². The van der Waals surface area contributed by atoms with Gasteiger partial charge in [0.25, 0.3) is 0 Å². The molecule has 8 nitrogen and oxygen atoms in total. The van der Waals surface area contributed by atoms with Gasteiger partial charge in [-0.3, -0.25) is 13.9 Å². The highest BCUT2D eigenvalue weighted by Gasteiger charge is 2.35. The zero-order chi connectivity index (χ0) is 30.7. The molecule has 2 atom stereocenters. The van der Waals surface area contributed by atoms with Crippen molar-refractivity contribution in [1.82, 2.24) is 4.31 Å². The number of benzene rings is 3. The molecule has 0 bridgehead atoms. The van der Waals surface area contributed by atoms with Gasteiger partial charge in [-0.2, -0.15) is 4.31 Å². The molecular formula is C30H34F3NO7S. The Kier molecular flexibility index (Phi) is 9.61. The van der Waals surface area contributed by atoms with Crippen LogP contribution in [-0.4, -0.2) is 52.1 Å². The summed E-state index contributed by atoms with van der Waals surface area (Å²) in [6.07, 6.45) is -5.43. The van der Waals surface area contributed by atoms with Crippen molar-refractivity contribution in [3.8, 4) is 17.2 Å². The average molecular weight is 610 g/mol. The number of halogens is 3. The average Bonchev–Trinajstić information content (AvgIpc) is 3.00. The van der Waals surface area contributed by atoms with Crippen molar-refractivity contribution in [1.29, 1.82) is 0 Å². The predicted octanol–water partition coefficient (Wildman–Crippen LogP) is 7.29. The Bertz CT molecular complexity index is 1420. The highest BCUT2D eigenvalue weighted by atomic mass is 32.3. The van der Waals surface area contributed by atoms with Crippen LogP contribution in [0.4, 0.5) is 13.2 Å². The first-order valence-electron chi connectivity index (χ1n) is 13.3. The van der Waals surface area contributed by atoms with Crippen LogP contribution in [0.3, 0.4) is 0 Å².